The van der Waals surface area contributed by atoms with Crippen molar-refractivity contribution in [3.63, 3.8) is 0 Å². The Hall–Kier alpha value is -0.840. The number of hydrogen-bond acceptors (Lipinski definition) is 2. The van der Waals surface area contributed by atoms with Crippen molar-refractivity contribution in [1.29, 1.82) is 0 Å². The summed E-state index contributed by atoms with van der Waals surface area (Å²) in [5, 5.41) is 0.497. The number of sulfonamides is 1. The molecule has 21 heavy (non-hydrogen) atoms. The summed E-state index contributed by atoms with van der Waals surface area (Å²) in [6, 6.07) is 7.21. The van der Waals surface area contributed by atoms with E-state index in [9.17, 15) is 8.42 Å². The fraction of sp³-hybridized carbons (Fsp3) is 0.500. The van der Waals surface area contributed by atoms with Crippen LogP contribution in [0.2, 0.25) is 5.02 Å². The third kappa shape index (κ3) is 2.07. The number of hydrogen-bond donors (Lipinski definition) is 0. The van der Waals surface area contributed by atoms with E-state index in [2.05, 4.69) is 0 Å². The van der Waals surface area contributed by atoms with Crippen molar-refractivity contribution in [2.75, 3.05) is 7.05 Å². The number of rotatable bonds is 1. The van der Waals surface area contributed by atoms with Gasteiger partial charge < -0.3 is 0 Å². The van der Waals surface area contributed by atoms with Crippen LogP contribution in [-0.2, 0) is 10.0 Å². The first-order chi connectivity index (χ1) is 9.91. The number of nitrogens with zero attached hydrogens (tertiary/aromatic N) is 1. The maximum Gasteiger partial charge on any atom is 0.244 e. The Morgan fingerprint density at radius 2 is 1.76 bits per heavy atom. The Morgan fingerprint density at radius 3 is 2.38 bits per heavy atom. The van der Waals surface area contributed by atoms with Crippen molar-refractivity contribution in [3.05, 3.63) is 40.4 Å². The molecule has 0 atom stereocenters. The molecule has 1 saturated carbocycles. The van der Waals surface area contributed by atoms with Crippen LogP contribution in [0, 0.1) is 0 Å². The lowest BCUT2D eigenvalue weighted by atomic mass is 9.76. The van der Waals surface area contributed by atoms with Gasteiger partial charge in [0, 0.05) is 17.6 Å². The second-order valence-electron chi connectivity index (χ2n) is 6.00. The third-order valence-electron chi connectivity index (χ3n) is 5.06. The highest BCUT2D eigenvalue weighted by molar-refractivity contribution is 7.98. The second-order valence-corrected chi connectivity index (χ2v) is 8.31. The van der Waals surface area contributed by atoms with E-state index in [1.165, 1.54) is 6.42 Å². The molecule has 0 saturated heterocycles. The van der Waals surface area contributed by atoms with Gasteiger partial charge in [-0.1, -0.05) is 49.1 Å². The predicted molar refractivity (Wildman–Crippen MR) is 86.5 cm³/mol. The molecule has 1 aromatic rings. The van der Waals surface area contributed by atoms with E-state index in [-0.39, 0.29) is 5.54 Å². The van der Waals surface area contributed by atoms with Crippen LogP contribution in [0.15, 0.2) is 29.8 Å². The highest BCUT2D eigenvalue weighted by Gasteiger charge is 2.52. The number of likely N-dealkylation sites (N-methyl/N-ethyl adjacent to an activating group) is 1. The highest BCUT2D eigenvalue weighted by Crippen LogP contribution is 2.51. The van der Waals surface area contributed by atoms with Crippen LogP contribution in [0.4, 0.5) is 0 Å². The van der Waals surface area contributed by atoms with Crippen LogP contribution in [0.3, 0.4) is 0 Å². The quantitative estimate of drug-likeness (QED) is 0.781. The highest BCUT2D eigenvalue weighted by atomic mass is 35.5. The van der Waals surface area contributed by atoms with Crippen molar-refractivity contribution in [3.8, 4) is 0 Å². The first-order valence-electron chi connectivity index (χ1n) is 7.36. The van der Waals surface area contributed by atoms with E-state index in [1.807, 2.05) is 19.1 Å². The molecule has 1 aromatic carbocycles. The molecule has 0 radical (unpaired) electrons. The van der Waals surface area contributed by atoms with Gasteiger partial charge in [0.25, 0.3) is 0 Å². The van der Waals surface area contributed by atoms with Crippen LogP contribution < -0.4 is 0 Å². The van der Waals surface area contributed by atoms with Gasteiger partial charge in [-0.2, -0.15) is 4.31 Å². The van der Waals surface area contributed by atoms with Crippen LogP contribution >= 0.6 is 11.6 Å². The minimum Gasteiger partial charge on any atom is -0.207 e. The zero-order valence-corrected chi connectivity index (χ0v) is 14.0. The Labute approximate surface area is 131 Å². The van der Waals surface area contributed by atoms with Crippen LogP contribution in [-0.4, -0.2) is 25.3 Å². The minimum atomic E-state index is -3.47. The summed E-state index contributed by atoms with van der Waals surface area (Å²) in [6.07, 6.45) is 5.15. The summed E-state index contributed by atoms with van der Waals surface area (Å²) in [6.45, 7) is 1.96. The fourth-order valence-corrected chi connectivity index (χ4v) is 6.19. The topological polar surface area (TPSA) is 37.4 Å². The minimum absolute atomic E-state index is 0.342. The zero-order valence-electron chi connectivity index (χ0n) is 12.4. The molecule has 2 aliphatic rings. The van der Waals surface area contributed by atoms with Gasteiger partial charge in [0.15, 0.2) is 0 Å². The molecule has 5 heteroatoms. The van der Waals surface area contributed by atoms with E-state index in [0.717, 1.165) is 31.3 Å². The fourth-order valence-electron chi connectivity index (χ4n) is 3.82. The van der Waals surface area contributed by atoms with Crippen molar-refractivity contribution in [1.82, 2.24) is 4.31 Å². The van der Waals surface area contributed by atoms with Crippen molar-refractivity contribution in [2.45, 2.75) is 44.6 Å². The molecule has 0 aromatic heterocycles. The van der Waals surface area contributed by atoms with Gasteiger partial charge in [-0.25, -0.2) is 8.42 Å². The number of benzene rings is 1. The lowest BCUT2D eigenvalue weighted by Crippen LogP contribution is -2.46. The maximum atomic E-state index is 12.9. The second kappa shape index (κ2) is 5.11. The standard InChI is InChI=1S/C16H20ClNO2S/c1-12-15(13-8-4-5-9-14(13)17)21(19,20)18(2)16(12)10-6-3-7-11-16/h4-5,8-9H,3,6-7,10-11H2,1-2H3. The normalized spacial score (nSPS) is 24.7. The van der Waals surface area contributed by atoms with Gasteiger partial charge in [0.1, 0.15) is 0 Å². The molecule has 0 bridgehead atoms. The van der Waals surface area contributed by atoms with Gasteiger partial charge in [-0.3, -0.25) is 0 Å². The van der Waals surface area contributed by atoms with E-state index in [0.29, 0.717) is 15.5 Å². The molecule has 1 aliphatic heterocycles. The van der Waals surface area contributed by atoms with Crippen LogP contribution in [0.25, 0.3) is 4.91 Å². The monoisotopic (exact) mass is 325 g/mol. The number of halogens is 1. The zero-order chi connectivity index (χ0) is 15.3. The molecule has 0 unspecified atom stereocenters. The lowest BCUT2D eigenvalue weighted by Gasteiger charge is -2.39. The first-order valence-corrected chi connectivity index (χ1v) is 9.18. The molecule has 3 nitrogen and oxygen atoms in total. The summed E-state index contributed by atoms with van der Waals surface area (Å²) in [7, 11) is -1.75. The van der Waals surface area contributed by atoms with Crippen molar-refractivity contribution >= 4 is 26.5 Å². The van der Waals surface area contributed by atoms with Gasteiger partial charge >= 0.3 is 0 Å². The van der Waals surface area contributed by atoms with Gasteiger partial charge in [-0.15, -0.1) is 0 Å². The van der Waals surface area contributed by atoms with E-state index < -0.39 is 10.0 Å². The lowest BCUT2D eigenvalue weighted by molar-refractivity contribution is 0.200. The molecule has 1 heterocycles. The van der Waals surface area contributed by atoms with Gasteiger partial charge in [-0.05, 0) is 31.4 Å². The summed E-state index contributed by atoms with van der Waals surface area (Å²) in [5.74, 6) is 0. The molecule has 1 spiro atoms. The molecule has 3 rings (SSSR count). The Kier molecular flexibility index (Phi) is 3.67. The van der Waals surface area contributed by atoms with Crippen molar-refractivity contribution < 1.29 is 8.42 Å². The summed E-state index contributed by atoms with van der Waals surface area (Å²) in [5.41, 5.74) is 1.25. The molecule has 114 valence electrons. The van der Waals surface area contributed by atoms with E-state index in [1.54, 1.807) is 23.5 Å². The van der Waals surface area contributed by atoms with E-state index in [4.69, 9.17) is 11.6 Å². The third-order valence-corrected chi connectivity index (χ3v) is 7.50. The van der Waals surface area contributed by atoms with Crippen LogP contribution in [0.5, 0.6) is 0 Å². The Bertz CT molecular complexity index is 703. The SMILES string of the molecule is CC1=C(c2ccccc2Cl)S(=O)(=O)N(C)C12CCCCC2. The Balaban J connectivity index is 2.24. The maximum absolute atomic E-state index is 12.9. The van der Waals surface area contributed by atoms with Gasteiger partial charge in [0.2, 0.25) is 10.0 Å². The van der Waals surface area contributed by atoms with Crippen molar-refractivity contribution in [2.24, 2.45) is 0 Å². The van der Waals surface area contributed by atoms with Crippen LogP contribution in [0.1, 0.15) is 44.6 Å². The van der Waals surface area contributed by atoms with E-state index >= 15 is 0 Å². The summed E-state index contributed by atoms with van der Waals surface area (Å²) >= 11 is 6.25. The average molecular weight is 326 g/mol. The average Bonchev–Trinajstić information content (AvgIpc) is 2.61. The smallest absolute Gasteiger partial charge is 0.207 e. The predicted octanol–water partition coefficient (Wildman–Crippen LogP) is 4.05. The first kappa shape index (κ1) is 15.1. The molecule has 1 fully saturated rings. The largest absolute Gasteiger partial charge is 0.244 e. The molecule has 0 N–H and O–H groups in total. The van der Waals surface area contributed by atoms with Gasteiger partial charge in [0.05, 0.1) is 10.4 Å². The molecular weight excluding hydrogens is 306 g/mol. The molecule has 0 amide bonds. The molecular formula is C16H20ClNO2S. The Morgan fingerprint density at radius 1 is 1.14 bits per heavy atom. The summed E-state index contributed by atoms with van der Waals surface area (Å²) in [4.78, 5) is 0.414. The summed E-state index contributed by atoms with van der Waals surface area (Å²) < 4.78 is 27.5. The molecule has 1 aliphatic carbocycles.